The minimum Gasteiger partial charge on any atom is -0.308 e. The summed E-state index contributed by atoms with van der Waals surface area (Å²) >= 11 is 0. The molecule has 0 bridgehead atoms. The Balaban J connectivity index is 1.74. The fourth-order valence-corrected chi connectivity index (χ4v) is 4.88. The molecule has 1 heterocycles. The molecule has 0 saturated heterocycles. The fraction of sp³-hybridized carbons (Fsp3) is 0. The van der Waals surface area contributed by atoms with Crippen molar-refractivity contribution in [3.63, 3.8) is 0 Å². The van der Waals surface area contributed by atoms with Crippen molar-refractivity contribution in [2.45, 2.75) is 0 Å². The normalized spacial score (nSPS) is 16.4. The second kappa shape index (κ2) is 9.68. The number of para-hydroxylation sites is 1. The minimum absolute atomic E-state index is 0.0836. The maximum Gasteiger partial charge on any atom is 0.270 e. The maximum absolute atomic E-state index is 12.5. The van der Waals surface area contributed by atoms with Crippen LogP contribution in [0.25, 0.3) is 60.9 Å². The first kappa shape index (κ1) is 12.6. The molecule has 4 heteroatoms. The van der Waals surface area contributed by atoms with Gasteiger partial charge in [0.2, 0.25) is 0 Å². The quantitative estimate of drug-likeness (QED) is 0.164. The summed E-state index contributed by atoms with van der Waals surface area (Å²) < 4.78 is 129. The van der Waals surface area contributed by atoms with Crippen molar-refractivity contribution in [3.8, 4) is 39.1 Å². The molecular formula is C36H24N2O2. The molecule has 6 aromatic carbocycles. The van der Waals surface area contributed by atoms with Crippen molar-refractivity contribution in [3.05, 3.63) is 155 Å². The molecule has 0 aliphatic carbocycles. The van der Waals surface area contributed by atoms with Crippen molar-refractivity contribution in [1.29, 1.82) is 0 Å². The molecule has 4 nitrogen and oxygen atoms in total. The number of nitro benzene ring substituents is 1. The first-order valence-corrected chi connectivity index (χ1v) is 12.0. The van der Waals surface area contributed by atoms with Crippen LogP contribution in [0.15, 0.2) is 145 Å². The molecule has 1 aromatic heterocycles. The number of nitrogens with zero attached hydrogens (tertiary/aromatic N) is 2. The summed E-state index contributed by atoms with van der Waals surface area (Å²) in [5.74, 6) is 0. The summed E-state index contributed by atoms with van der Waals surface area (Å²) in [6, 6.07) is 3.47. The number of nitro groups is 1. The van der Waals surface area contributed by atoms with Crippen molar-refractivity contribution in [2.24, 2.45) is 0 Å². The van der Waals surface area contributed by atoms with Gasteiger partial charge >= 0.3 is 0 Å². The molecule has 7 aromatic rings. The predicted octanol–water partition coefficient (Wildman–Crippen LogP) is 9.69. The second-order valence-corrected chi connectivity index (χ2v) is 8.73. The molecule has 0 atom stereocenters. The Labute approximate surface area is 252 Å². The highest BCUT2D eigenvalue weighted by Gasteiger charge is 2.23. The topological polar surface area (TPSA) is 48.1 Å². The van der Waals surface area contributed by atoms with Crippen LogP contribution in [-0.4, -0.2) is 9.49 Å². The summed E-state index contributed by atoms with van der Waals surface area (Å²) in [6.07, 6.45) is 0. The van der Waals surface area contributed by atoms with Gasteiger partial charge in [-0.3, -0.25) is 10.1 Å². The molecular weight excluding hydrogens is 492 g/mol. The van der Waals surface area contributed by atoms with E-state index in [1.54, 1.807) is 36.4 Å². The van der Waals surface area contributed by atoms with Crippen LogP contribution in [0.2, 0.25) is 0 Å². The monoisotopic (exact) mass is 531 g/mol. The summed E-state index contributed by atoms with van der Waals surface area (Å²) in [5, 5.41) is 13.5. The summed E-state index contributed by atoms with van der Waals surface area (Å²) in [7, 11) is 0. The highest BCUT2D eigenvalue weighted by atomic mass is 16.6. The highest BCUT2D eigenvalue weighted by Crippen LogP contribution is 2.43. The van der Waals surface area contributed by atoms with Crippen LogP contribution >= 0.6 is 0 Å². The van der Waals surface area contributed by atoms with E-state index in [1.165, 1.54) is 10.6 Å². The van der Waals surface area contributed by atoms with E-state index >= 15 is 0 Å². The van der Waals surface area contributed by atoms with E-state index < -0.39 is 112 Å². The van der Waals surface area contributed by atoms with E-state index in [9.17, 15) is 10.1 Å². The lowest BCUT2D eigenvalue weighted by atomic mass is 9.94. The van der Waals surface area contributed by atoms with Crippen LogP contribution < -0.4 is 0 Å². The molecule has 7 rings (SSSR count). The van der Waals surface area contributed by atoms with Crippen molar-refractivity contribution < 1.29 is 25.5 Å². The lowest BCUT2D eigenvalue weighted by Crippen LogP contribution is -2.02. The van der Waals surface area contributed by atoms with Crippen LogP contribution in [0, 0.1) is 10.1 Å². The number of hydrogen-bond donors (Lipinski definition) is 0. The maximum atomic E-state index is 12.5. The minimum atomic E-state index is -0.806. The average molecular weight is 532 g/mol. The largest absolute Gasteiger partial charge is 0.308 e. The molecule has 40 heavy (non-hydrogen) atoms. The molecule has 0 saturated carbocycles. The standard InChI is InChI=1S/C36H24N2O2/c39-38(40)29-23-31(26-14-6-2-7-15-26)36(32(24-29)27-16-8-3-9-17-27)37-34-19-11-10-18-30(34)33-22-28(20-21-35(33)37)25-12-4-1-5-13-25/h1-24H/i1D,2D,3D,4D,5D,6D,7D,8D,9D,12D,13D,14D,15D,16D,17D. The molecule has 0 radical (unpaired) electrons. The van der Waals surface area contributed by atoms with E-state index in [2.05, 4.69) is 0 Å². The van der Waals surface area contributed by atoms with Gasteiger partial charge in [-0.1, -0.05) is 115 Å². The molecule has 0 aliphatic rings. The van der Waals surface area contributed by atoms with Crippen LogP contribution in [0.5, 0.6) is 0 Å². The Kier molecular flexibility index (Phi) is 3.04. The van der Waals surface area contributed by atoms with Gasteiger partial charge in [0.1, 0.15) is 0 Å². The zero-order valence-corrected chi connectivity index (χ0v) is 20.4. The van der Waals surface area contributed by atoms with Crippen molar-refractivity contribution in [2.75, 3.05) is 0 Å². The molecule has 0 fully saturated rings. The SMILES string of the molecule is [2H]c1c([2H])c([2H])c(-c2ccc3c(c2)c2ccccc2n3-c2c(-c3c([2H])c([2H])c([2H])c([2H])c3[2H])cc([N+](=O)[O-])cc2-c2c([2H])c([2H])c([2H])c([2H])c2[2H])c([2H])c1[2H]. The molecule has 0 amide bonds. The molecule has 190 valence electrons. The van der Waals surface area contributed by atoms with Crippen LogP contribution in [-0.2, 0) is 0 Å². The number of non-ortho nitro benzene ring substituents is 1. The molecule has 0 N–H and O–H groups in total. The lowest BCUT2D eigenvalue weighted by Gasteiger charge is -2.19. The first-order valence-electron chi connectivity index (χ1n) is 19.5. The van der Waals surface area contributed by atoms with Gasteiger partial charge in [0.25, 0.3) is 5.69 Å². The van der Waals surface area contributed by atoms with E-state index in [-0.39, 0.29) is 27.9 Å². The smallest absolute Gasteiger partial charge is 0.270 e. The Bertz CT molecular complexity index is 2690. The summed E-state index contributed by atoms with van der Waals surface area (Å²) in [5.41, 5.74) is -1.44. The third-order valence-electron chi connectivity index (χ3n) is 6.53. The number of aromatic nitrogens is 1. The Morgan fingerprint density at radius 1 is 0.575 bits per heavy atom. The molecule has 0 spiro atoms. The van der Waals surface area contributed by atoms with Crippen molar-refractivity contribution >= 4 is 27.5 Å². The van der Waals surface area contributed by atoms with E-state index in [4.69, 9.17) is 20.6 Å². The zero-order valence-electron chi connectivity index (χ0n) is 35.4. The molecule has 0 unspecified atom stereocenters. The predicted molar refractivity (Wildman–Crippen MR) is 164 cm³/mol. The van der Waals surface area contributed by atoms with Gasteiger partial charge in [-0.2, -0.15) is 0 Å². The van der Waals surface area contributed by atoms with Gasteiger partial charge in [-0.25, -0.2) is 0 Å². The number of rotatable bonds is 5. The lowest BCUT2D eigenvalue weighted by molar-refractivity contribution is -0.384. The van der Waals surface area contributed by atoms with Gasteiger partial charge in [0.15, 0.2) is 0 Å². The van der Waals surface area contributed by atoms with Gasteiger partial charge in [-0.15, -0.1) is 0 Å². The highest BCUT2D eigenvalue weighted by molar-refractivity contribution is 6.11. The Hall–Kier alpha value is -5.48. The van der Waals surface area contributed by atoms with Crippen molar-refractivity contribution in [1.82, 2.24) is 4.57 Å². The number of benzene rings is 6. The third-order valence-corrected chi connectivity index (χ3v) is 6.53. The third kappa shape index (κ3) is 3.94. The van der Waals surface area contributed by atoms with Crippen LogP contribution in [0.4, 0.5) is 5.69 Å². The van der Waals surface area contributed by atoms with Crippen LogP contribution in [0.1, 0.15) is 20.6 Å². The van der Waals surface area contributed by atoms with Gasteiger partial charge in [-0.05, 0) is 40.5 Å². The van der Waals surface area contributed by atoms with Gasteiger partial charge in [0, 0.05) is 34.0 Å². The van der Waals surface area contributed by atoms with E-state index in [1.807, 2.05) is 0 Å². The van der Waals surface area contributed by atoms with Crippen LogP contribution in [0.3, 0.4) is 0 Å². The van der Waals surface area contributed by atoms with E-state index in [0.29, 0.717) is 21.8 Å². The number of hydrogen-bond acceptors (Lipinski definition) is 2. The average Bonchev–Trinajstić information content (AvgIpc) is 3.49. The summed E-state index contributed by atoms with van der Waals surface area (Å²) in [4.78, 5) is 11.7. The number of fused-ring (bicyclic) bond motifs is 3. The summed E-state index contributed by atoms with van der Waals surface area (Å²) in [6.45, 7) is 0. The first-order chi connectivity index (χ1) is 25.9. The fourth-order valence-electron chi connectivity index (χ4n) is 4.88. The molecule has 0 aliphatic heterocycles. The van der Waals surface area contributed by atoms with Gasteiger partial charge in [0.05, 0.1) is 42.2 Å². The zero-order chi connectivity index (χ0) is 40.1. The Morgan fingerprint density at radius 3 is 1.68 bits per heavy atom. The van der Waals surface area contributed by atoms with E-state index in [0.717, 1.165) is 12.1 Å². The Morgan fingerprint density at radius 2 is 1.10 bits per heavy atom. The van der Waals surface area contributed by atoms with Gasteiger partial charge < -0.3 is 4.57 Å². The second-order valence-electron chi connectivity index (χ2n) is 8.73.